The molecular formula is C11H11BrO3. The summed E-state index contributed by atoms with van der Waals surface area (Å²) in [5.74, 6) is -1.02. The number of aromatic carboxylic acids is 1. The molecule has 1 rings (SSSR count). The summed E-state index contributed by atoms with van der Waals surface area (Å²) >= 11 is 3.06. The molecule has 15 heavy (non-hydrogen) atoms. The van der Waals surface area contributed by atoms with Crippen LogP contribution in [0.1, 0.15) is 21.5 Å². The van der Waals surface area contributed by atoms with Crippen LogP contribution in [-0.4, -0.2) is 22.2 Å². The van der Waals surface area contributed by atoms with Crippen molar-refractivity contribution in [2.24, 2.45) is 0 Å². The van der Waals surface area contributed by atoms with Gasteiger partial charge in [-0.05, 0) is 18.6 Å². The van der Waals surface area contributed by atoms with Crippen LogP contribution in [0.2, 0.25) is 0 Å². The predicted molar refractivity (Wildman–Crippen MR) is 60.6 cm³/mol. The third kappa shape index (κ3) is 3.16. The van der Waals surface area contributed by atoms with E-state index in [2.05, 4.69) is 15.9 Å². The molecule has 0 spiro atoms. The van der Waals surface area contributed by atoms with Crippen LogP contribution in [0.25, 0.3) is 0 Å². The summed E-state index contributed by atoms with van der Waals surface area (Å²) in [4.78, 5) is 22.1. The molecule has 0 saturated carbocycles. The number of hydrogen-bond acceptors (Lipinski definition) is 2. The highest BCUT2D eigenvalue weighted by molar-refractivity contribution is 9.09. The number of hydrogen-bond donors (Lipinski definition) is 1. The van der Waals surface area contributed by atoms with E-state index < -0.39 is 5.97 Å². The molecule has 0 atom stereocenters. The highest BCUT2D eigenvalue weighted by atomic mass is 79.9. The average molecular weight is 271 g/mol. The molecule has 0 amide bonds. The fourth-order valence-corrected chi connectivity index (χ4v) is 1.54. The molecule has 0 aliphatic rings. The van der Waals surface area contributed by atoms with Crippen LogP contribution >= 0.6 is 15.9 Å². The number of rotatable bonds is 4. The Kier molecular flexibility index (Phi) is 4.03. The van der Waals surface area contributed by atoms with E-state index in [4.69, 9.17) is 5.11 Å². The van der Waals surface area contributed by atoms with E-state index in [1.807, 2.05) is 6.92 Å². The lowest BCUT2D eigenvalue weighted by Crippen LogP contribution is -2.09. The van der Waals surface area contributed by atoms with Crippen LogP contribution in [0.4, 0.5) is 0 Å². The Morgan fingerprint density at radius 1 is 1.40 bits per heavy atom. The van der Waals surface area contributed by atoms with Crippen molar-refractivity contribution in [3.05, 3.63) is 34.9 Å². The van der Waals surface area contributed by atoms with E-state index in [-0.39, 0.29) is 23.1 Å². The second-order valence-corrected chi connectivity index (χ2v) is 3.88. The minimum atomic E-state index is -0.993. The van der Waals surface area contributed by atoms with E-state index in [0.717, 1.165) is 5.56 Å². The molecule has 0 unspecified atom stereocenters. The van der Waals surface area contributed by atoms with E-state index >= 15 is 0 Å². The van der Waals surface area contributed by atoms with Gasteiger partial charge in [0.25, 0.3) is 0 Å². The standard InChI is InChI=1S/C11H11BrO3/c1-7-2-3-10(11(14)15)8(4-7)5-9(13)6-12/h2-4H,5-6H2,1H3,(H,14,15). The van der Waals surface area contributed by atoms with Gasteiger partial charge in [-0.1, -0.05) is 33.6 Å². The Bertz CT molecular complexity index is 399. The van der Waals surface area contributed by atoms with Crippen molar-refractivity contribution >= 4 is 27.7 Å². The fourth-order valence-electron chi connectivity index (χ4n) is 1.34. The quantitative estimate of drug-likeness (QED) is 0.854. The maximum Gasteiger partial charge on any atom is 0.335 e. The Morgan fingerprint density at radius 3 is 2.60 bits per heavy atom. The van der Waals surface area contributed by atoms with Crippen LogP contribution in [0, 0.1) is 6.92 Å². The number of carboxylic acid groups (broad SMARTS) is 1. The van der Waals surface area contributed by atoms with Crippen molar-refractivity contribution in [1.82, 2.24) is 0 Å². The first-order valence-corrected chi connectivity index (χ1v) is 5.57. The Labute approximate surface area is 96.2 Å². The topological polar surface area (TPSA) is 54.4 Å². The molecule has 0 saturated heterocycles. The van der Waals surface area contributed by atoms with Gasteiger partial charge in [-0.3, -0.25) is 4.79 Å². The molecule has 0 radical (unpaired) electrons. The molecule has 0 bridgehead atoms. The molecular weight excluding hydrogens is 260 g/mol. The Hall–Kier alpha value is -1.16. The smallest absolute Gasteiger partial charge is 0.335 e. The fraction of sp³-hybridized carbons (Fsp3) is 0.273. The minimum Gasteiger partial charge on any atom is -0.478 e. The second kappa shape index (κ2) is 5.07. The normalized spacial score (nSPS) is 10.0. The van der Waals surface area contributed by atoms with E-state index in [9.17, 15) is 9.59 Å². The van der Waals surface area contributed by atoms with Gasteiger partial charge in [0, 0.05) is 6.42 Å². The molecule has 0 heterocycles. The lowest BCUT2D eigenvalue weighted by atomic mass is 10.0. The number of alkyl halides is 1. The number of halogens is 1. The zero-order valence-electron chi connectivity index (χ0n) is 8.29. The number of ketones is 1. The van der Waals surface area contributed by atoms with E-state index in [1.54, 1.807) is 12.1 Å². The van der Waals surface area contributed by atoms with E-state index in [1.165, 1.54) is 6.07 Å². The second-order valence-electron chi connectivity index (χ2n) is 3.31. The first kappa shape index (κ1) is 11.9. The molecule has 4 heteroatoms. The summed E-state index contributed by atoms with van der Waals surface area (Å²) < 4.78 is 0. The summed E-state index contributed by atoms with van der Waals surface area (Å²) in [5, 5.41) is 9.17. The molecule has 0 aromatic heterocycles. The monoisotopic (exact) mass is 270 g/mol. The van der Waals surface area contributed by atoms with Gasteiger partial charge in [-0.15, -0.1) is 0 Å². The lowest BCUT2D eigenvalue weighted by molar-refractivity contribution is -0.115. The van der Waals surface area contributed by atoms with Crippen molar-refractivity contribution in [1.29, 1.82) is 0 Å². The zero-order valence-corrected chi connectivity index (χ0v) is 9.87. The van der Waals surface area contributed by atoms with Gasteiger partial charge < -0.3 is 5.11 Å². The summed E-state index contributed by atoms with van der Waals surface area (Å²) in [7, 11) is 0. The summed E-state index contributed by atoms with van der Waals surface area (Å²) in [5.41, 5.74) is 1.74. The van der Waals surface area contributed by atoms with Crippen LogP contribution in [-0.2, 0) is 11.2 Å². The van der Waals surface area contributed by atoms with Crippen molar-refractivity contribution in [2.45, 2.75) is 13.3 Å². The van der Waals surface area contributed by atoms with Gasteiger partial charge in [0.15, 0.2) is 0 Å². The number of carbonyl (C=O) groups excluding carboxylic acids is 1. The highest BCUT2D eigenvalue weighted by Gasteiger charge is 2.12. The van der Waals surface area contributed by atoms with Gasteiger partial charge in [-0.25, -0.2) is 4.79 Å². The predicted octanol–water partition coefficient (Wildman–Crippen LogP) is 2.20. The maximum absolute atomic E-state index is 11.2. The van der Waals surface area contributed by atoms with Gasteiger partial charge in [0.2, 0.25) is 0 Å². The van der Waals surface area contributed by atoms with Gasteiger partial charge in [0.05, 0.1) is 10.9 Å². The number of benzene rings is 1. The lowest BCUT2D eigenvalue weighted by Gasteiger charge is -2.05. The van der Waals surface area contributed by atoms with Crippen LogP contribution in [0.3, 0.4) is 0 Å². The SMILES string of the molecule is Cc1ccc(C(=O)O)c(CC(=O)CBr)c1. The number of aryl methyl sites for hydroxylation is 1. The van der Waals surface area contributed by atoms with Crippen LogP contribution in [0.5, 0.6) is 0 Å². The number of Topliss-reactive ketones (excluding diaryl/α,β-unsaturated/α-hetero) is 1. The first-order valence-electron chi connectivity index (χ1n) is 4.45. The van der Waals surface area contributed by atoms with Crippen LogP contribution < -0.4 is 0 Å². The zero-order chi connectivity index (χ0) is 11.4. The average Bonchev–Trinajstić information content (AvgIpc) is 2.17. The minimum absolute atomic E-state index is 0.0249. The van der Waals surface area contributed by atoms with Crippen molar-refractivity contribution in [3.8, 4) is 0 Å². The van der Waals surface area contributed by atoms with Gasteiger partial charge in [-0.2, -0.15) is 0 Å². The summed E-state index contributed by atoms with van der Waals surface area (Å²) in [6, 6.07) is 5.00. The third-order valence-electron chi connectivity index (χ3n) is 2.03. The number of carbonyl (C=O) groups is 2. The molecule has 1 aromatic rings. The third-order valence-corrected chi connectivity index (χ3v) is 2.65. The van der Waals surface area contributed by atoms with Gasteiger partial charge in [0.1, 0.15) is 5.78 Å². The molecule has 0 fully saturated rings. The maximum atomic E-state index is 11.2. The molecule has 3 nitrogen and oxygen atoms in total. The largest absolute Gasteiger partial charge is 0.478 e. The van der Waals surface area contributed by atoms with Crippen molar-refractivity contribution in [3.63, 3.8) is 0 Å². The van der Waals surface area contributed by atoms with Gasteiger partial charge >= 0.3 is 5.97 Å². The molecule has 0 aliphatic carbocycles. The molecule has 80 valence electrons. The highest BCUT2D eigenvalue weighted by Crippen LogP contribution is 2.13. The van der Waals surface area contributed by atoms with Crippen molar-refractivity contribution < 1.29 is 14.7 Å². The van der Waals surface area contributed by atoms with Crippen LogP contribution in [0.15, 0.2) is 18.2 Å². The Balaban J connectivity index is 3.07. The molecule has 1 aromatic carbocycles. The molecule has 0 aliphatic heterocycles. The summed E-state index contributed by atoms with van der Waals surface area (Å²) in [6.07, 6.45) is 0.161. The Morgan fingerprint density at radius 2 is 2.07 bits per heavy atom. The van der Waals surface area contributed by atoms with Crippen molar-refractivity contribution in [2.75, 3.05) is 5.33 Å². The number of carboxylic acids is 1. The molecule has 1 N–H and O–H groups in total. The van der Waals surface area contributed by atoms with E-state index in [0.29, 0.717) is 5.56 Å². The first-order chi connectivity index (χ1) is 7.04. The summed E-state index contributed by atoms with van der Waals surface area (Å²) in [6.45, 7) is 1.87.